The van der Waals surface area contributed by atoms with Crippen LogP contribution in [0.4, 0.5) is 4.11 Å². The van der Waals surface area contributed by atoms with Crippen LogP contribution in [0.3, 0.4) is 0 Å². The Morgan fingerprint density at radius 1 is 1.50 bits per heavy atom. The Hall–Kier alpha value is -0.383. The van der Waals surface area contributed by atoms with Crippen LogP contribution in [0.1, 0.15) is 19.8 Å². The summed E-state index contributed by atoms with van der Waals surface area (Å²) >= 11 is 0. The zero-order chi connectivity index (χ0) is 9.61. The summed E-state index contributed by atoms with van der Waals surface area (Å²) in [6.45, 7) is 5.48. The molecular formula is C8H17FO2Si. The van der Waals surface area contributed by atoms with Crippen LogP contribution in [0, 0.1) is 0 Å². The monoisotopic (exact) mass is 192 g/mol. The van der Waals surface area contributed by atoms with Crippen LogP contribution in [0.25, 0.3) is 0 Å². The second kappa shape index (κ2) is 5.30. The maximum atomic E-state index is 13.0. The van der Waals surface area contributed by atoms with Gasteiger partial charge in [0.25, 0.3) is 0 Å². The Labute approximate surface area is 74.3 Å². The zero-order valence-corrected chi connectivity index (χ0v) is 9.02. The highest BCUT2D eigenvalue weighted by Gasteiger charge is 2.19. The van der Waals surface area contributed by atoms with Gasteiger partial charge in [-0.15, -0.1) is 0 Å². The summed E-state index contributed by atoms with van der Waals surface area (Å²) in [6, 6.07) is 0.547. The highest BCUT2D eigenvalue weighted by molar-refractivity contribution is 6.70. The SMILES string of the molecule is CCOC(=O)CCC[Si](C)(C)F. The van der Waals surface area contributed by atoms with Crippen LogP contribution in [-0.4, -0.2) is 21.0 Å². The summed E-state index contributed by atoms with van der Waals surface area (Å²) < 4.78 is 17.7. The van der Waals surface area contributed by atoms with Gasteiger partial charge in [0.05, 0.1) is 6.61 Å². The van der Waals surface area contributed by atoms with Crippen molar-refractivity contribution in [1.29, 1.82) is 0 Å². The van der Waals surface area contributed by atoms with E-state index in [1.54, 1.807) is 20.0 Å². The molecule has 0 rings (SSSR count). The predicted octanol–water partition coefficient (Wildman–Crippen LogP) is 2.50. The third-order valence-electron chi connectivity index (χ3n) is 1.46. The molecule has 0 atom stereocenters. The maximum absolute atomic E-state index is 13.0. The number of hydrogen-bond acceptors (Lipinski definition) is 2. The van der Waals surface area contributed by atoms with Crippen molar-refractivity contribution in [2.75, 3.05) is 6.61 Å². The Morgan fingerprint density at radius 2 is 2.08 bits per heavy atom. The molecule has 0 aliphatic carbocycles. The standard InChI is InChI=1S/C8H17FO2Si/c1-4-11-8(10)6-5-7-12(2,3)9/h4-7H2,1-3H3. The number of esters is 1. The van der Waals surface area contributed by atoms with Gasteiger partial charge in [0.2, 0.25) is 8.41 Å². The topological polar surface area (TPSA) is 26.3 Å². The van der Waals surface area contributed by atoms with Crippen molar-refractivity contribution in [2.24, 2.45) is 0 Å². The first-order valence-electron chi connectivity index (χ1n) is 4.30. The lowest BCUT2D eigenvalue weighted by molar-refractivity contribution is -0.143. The molecule has 0 amide bonds. The minimum absolute atomic E-state index is 0.212. The summed E-state index contributed by atoms with van der Waals surface area (Å²) in [5, 5.41) is 0. The molecule has 4 heteroatoms. The number of rotatable bonds is 5. The molecule has 0 bridgehead atoms. The van der Waals surface area contributed by atoms with Crippen LogP contribution in [-0.2, 0) is 9.53 Å². The van der Waals surface area contributed by atoms with E-state index in [9.17, 15) is 8.90 Å². The second-order valence-electron chi connectivity index (χ2n) is 3.38. The van der Waals surface area contributed by atoms with Crippen molar-refractivity contribution in [3.05, 3.63) is 0 Å². The third kappa shape index (κ3) is 7.72. The molecule has 0 saturated carbocycles. The van der Waals surface area contributed by atoms with Crippen LogP contribution in [0.5, 0.6) is 0 Å². The fourth-order valence-corrected chi connectivity index (χ4v) is 1.90. The summed E-state index contributed by atoms with van der Waals surface area (Å²) in [5.41, 5.74) is 0. The lowest BCUT2D eigenvalue weighted by Crippen LogP contribution is -2.17. The minimum Gasteiger partial charge on any atom is -0.466 e. The van der Waals surface area contributed by atoms with Crippen LogP contribution in [0.2, 0.25) is 19.1 Å². The van der Waals surface area contributed by atoms with E-state index in [4.69, 9.17) is 4.74 Å². The van der Waals surface area contributed by atoms with Crippen LogP contribution >= 0.6 is 0 Å². The van der Waals surface area contributed by atoms with Gasteiger partial charge in [0.1, 0.15) is 0 Å². The van der Waals surface area contributed by atoms with E-state index in [1.807, 2.05) is 0 Å². The smallest absolute Gasteiger partial charge is 0.305 e. The number of ether oxygens (including phenoxy) is 1. The molecule has 0 aliphatic rings. The molecule has 2 nitrogen and oxygen atoms in total. The number of halogens is 1. The molecule has 0 N–H and O–H groups in total. The largest absolute Gasteiger partial charge is 0.466 e. The Bertz CT molecular complexity index is 142. The molecule has 72 valence electrons. The zero-order valence-electron chi connectivity index (χ0n) is 8.02. The van der Waals surface area contributed by atoms with Crippen LogP contribution in [0.15, 0.2) is 0 Å². The van der Waals surface area contributed by atoms with Gasteiger partial charge in [-0.05, 0) is 32.5 Å². The third-order valence-corrected chi connectivity index (χ3v) is 3.00. The molecule has 0 aromatic carbocycles. The normalized spacial score (nSPS) is 11.3. The van der Waals surface area contributed by atoms with E-state index in [2.05, 4.69) is 0 Å². The molecule has 0 spiro atoms. The lowest BCUT2D eigenvalue weighted by Gasteiger charge is -2.09. The molecule has 0 fully saturated rings. The molecule has 0 aliphatic heterocycles. The van der Waals surface area contributed by atoms with Crippen molar-refractivity contribution in [3.63, 3.8) is 0 Å². The molecule has 0 unspecified atom stereocenters. The van der Waals surface area contributed by atoms with E-state index in [1.165, 1.54) is 0 Å². The van der Waals surface area contributed by atoms with E-state index >= 15 is 0 Å². The Morgan fingerprint density at radius 3 is 2.50 bits per heavy atom. The Kier molecular flexibility index (Phi) is 5.13. The van der Waals surface area contributed by atoms with Gasteiger partial charge in [-0.3, -0.25) is 4.79 Å². The summed E-state index contributed by atoms with van der Waals surface area (Å²) in [4.78, 5) is 10.8. The quantitative estimate of drug-likeness (QED) is 0.380. The molecule has 0 heterocycles. The van der Waals surface area contributed by atoms with Crippen molar-refractivity contribution in [1.82, 2.24) is 0 Å². The summed E-state index contributed by atoms with van der Waals surface area (Å²) in [5.74, 6) is -0.212. The van der Waals surface area contributed by atoms with E-state index < -0.39 is 8.41 Å². The molecule has 0 radical (unpaired) electrons. The van der Waals surface area contributed by atoms with Gasteiger partial charge in [0, 0.05) is 6.42 Å². The number of hydrogen-bond donors (Lipinski definition) is 0. The summed E-state index contributed by atoms with van der Waals surface area (Å²) in [6.07, 6.45) is 0.975. The van der Waals surface area contributed by atoms with E-state index in [-0.39, 0.29) is 5.97 Å². The predicted molar refractivity (Wildman–Crippen MR) is 49.3 cm³/mol. The van der Waals surface area contributed by atoms with Gasteiger partial charge < -0.3 is 8.84 Å². The summed E-state index contributed by atoms with van der Waals surface area (Å²) in [7, 11) is -2.45. The molecule has 0 saturated heterocycles. The highest BCUT2D eigenvalue weighted by atomic mass is 28.4. The first kappa shape index (κ1) is 11.6. The van der Waals surface area contributed by atoms with Gasteiger partial charge in [-0.2, -0.15) is 0 Å². The fourth-order valence-electron chi connectivity index (χ4n) is 0.886. The lowest BCUT2D eigenvalue weighted by atomic mass is 10.3. The average Bonchev–Trinajstić information content (AvgIpc) is 1.84. The Balaban J connectivity index is 3.37. The van der Waals surface area contributed by atoms with Gasteiger partial charge in [-0.25, -0.2) is 0 Å². The van der Waals surface area contributed by atoms with Gasteiger partial charge in [0.15, 0.2) is 0 Å². The van der Waals surface area contributed by atoms with Crippen molar-refractivity contribution < 1.29 is 13.6 Å². The van der Waals surface area contributed by atoms with E-state index in [0.29, 0.717) is 25.5 Å². The minimum atomic E-state index is -2.45. The molecule has 0 aromatic heterocycles. The number of carbonyl (C=O) groups excluding carboxylic acids is 1. The fraction of sp³-hybridized carbons (Fsp3) is 0.875. The van der Waals surface area contributed by atoms with Crippen molar-refractivity contribution in [3.8, 4) is 0 Å². The molecule has 0 aromatic rings. The van der Waals surface area contributed by atoms with Gasteiger partial charge in [-0.1, -0.05) is 0 Å². The maximum Gasteiger partial charge on any atom is 0.305 e. The highest BCUT2D eigenvalue weighted by Crippen LogP contribution is 2.14. The van der Waals surface area contributed by atoms with Crippen LogP contribution < -0.4 is 0 Å². The molecular weight excluding hydrogens is 175 g/mol. The van der Waals surface area contributed by atoms with Gasteiger partial charge >= 0.3 is 5.97 Å². The number of carbonyl (C=O) groups is 1. The van der Waals surface area contributed by atoms with Crippen molar-refractivity contribution in [2.45, 2.75) is 38.9 Å². The average molecular weight is 192 g/mol. The first-order valence-corrected chi connectivity index (χ1v) is 7.39. The first-order chi connectivity index (χ1) is 5.45. The van der Waals surface area contributed by atoms with E-state index in [0.717, 1.165) is 0 Å². The molecule has 12 heavy (non-hydrogen) atoms. The van der Waals surface area contributed by atoms with Crippen molar-refractivity contribution >= 4 is 14.4 Å². The second-order valence-corrected chi connectivity index (χ2v) is 7.31.